The fourth-order valence-corrected chi connectivity index (χ4v) is 2.42. The lowest BCUT2D eigenvalue weighted by atomic mass is 10.0. The van der Waals surface area contributed by atoms with Crippen LogP contribution < -0.4 is 5.32 Å². The topological polar surface area (TPSA) is 81.0 Å². The summed E-state index contributed by atoms with van der Waals surface area (Å²) < 4.78 is 0. The van der Waals surface area contributed by atoms with Gasteiger partial charge in [-0.1, -0.05) is 24.3 Å². The lowest BCUT2D eigenvalue weighted by Gasteiger charge is -2.17. The second kappa shape index (κ2) is 6.05. The van der Waals surface area contributed by atoms with Crippen molar-refractivity contribution < 1.29 is 4.92 Å². The molecule has 110 valence electrons. The van der Waals surface area contributed by atoms with Crippen molar-refractivity contribution >= 4 is 23.1 Å². The Bertz CT molecular complexity index is 691. The number of anilines is 1. The van der Waals surface area contributed by atoms with Gasteiger partial charge in [-0.05, 0) is 43.5 Å². The molecule has 1 heterocycles. The molecule has 1 N–H and O–H groups in total. The minimum absolute atomic E-state index is 0.0161. The first-order valence-electron chi connectivity index (χ1n) is 6.40. The van der Waals surface area contributed by atoms with Crippen LogP contribution in [-0.4, -0.2) is 14.9 Å². The van der Waals surface area contributed by atoms with Crippen molar-refractivity contribution in [2.45, 2.75) is 26.8 Å². The quantitative estimate of drug-likeness (QED) is 0.527. The van der Waals surface area contributed by atoms with Crippen LogP contribution >= 0.6 is 11.6 Å². The minimum Gasteiger partial charge on any atom is -0.358 e. The summed E-state index contributed by atoms with van der Waals surface area (Å²) in [5.41, 5.74) is 2.22. The van der Waals surface area contributed by atoms with E-state index in [1.54, 1.807) is 0 Å². The smallest absolute Gasteiger partial charge is 0.332 e. The molecule has 7 heteroatoms. The van der Waals surface area contributed by atoms with Crippen LogP contribution in [0.1, 0.15) is 29.8 Å². The van der Waals surface area contributed by atoms with Crippen molar-refractivity contribution in [3.8, 4) is 0 Å². The second-order valence-corrected chi connectivity index (χ2v) is 5.09. The molecule has 0 fully saturated rings. The fraction of sp³-hybridized carbons (Fsp3) is 0.286. The number of hydrogen-bond donors (Lipinski definition) is 1. The van der Waals surface area contributed by atoms with Crippen LogP contribution in [0.4, 0.5) is 11.5 Å². The van der Waals surface area contributed by atoms with E-state index in [1.165, 1.54) is 6.92 Å². The number of hydrogen-bond acceptors (Lipinski definition) is 5. The fourth-order valence-electron chi connectivity index (χ4n) is 2.21. The number of aromatic nitrogens is 2. The standard InChI is InChI=1S/C14H15ClN4O2/c1-8-6-4-5-7-11(8)9(2)16-13-12(19(20)21)10(3)17-14(15)18-13/h4-7,9H,1-3H3,(H,16,17,18). The first-order valence-corrected chi connectivity index (χ1v) is 6.78. The van der Waals surface area contributed by atoms with Gasteiger partial charge in [0.1, 0.15) is 5.69 Å². The van der Waals surface area contributed by atoms with Gasteiger partial charge in [0, 0.05) is 0 Å². The minimum atomic E-state index is -0.501. The third kappa shape index (κ3) is 3.28. The van der Waals surface area contributed by atoms with Crippen molar-refractivity contribution in [1.82, 2.24) is 9.97 Å². The zero-order valence-electron chi connectivity index (χ0n) is 11.9. The average molecular weight is 307 g/mol. The Balaban J connectivity index is 2.40. The third-order valence-corrected chi connectivity index (χ3v) is 3.39. The largest absolute Gasteiger partial charge is 0.358 e. The van der Waals surface area contributed by atoms with Crippen LogP contribution in [0.25, 0.3) is 0 Å². The Morgan fingerprint density at radius 1 is 1.29 bits per heavy atom. The molecule has 2 rings (SSSR count). The number of halogens is 1. The summed E-state index contributed by atoms with van der Waals surface area (Å²) in [6.07, 6.45) is 0. The average Bonchev–Trinajstić information content (AvgIpc) is 2.37. The van der Waals surface area contributed by atoms with Gasteiger partial charge in [0.25, 0.3) is 0 Å². The van der Waals surface area contributed by atoms with Gasteiger partial charge in [-0.15, -0.1) is 0 Å². The van der Waals surface area contributed by atoms with E-state index >= 15 is 0 Å². The highest BCUT2D eigenvalue weighted by Gasteiger charge is 2.23. The van der Waals surface area contributed by atoms with E-state index in [2.05, 4.69) is 15.3 Å². The lowest BCUT2D eigenvalue weighted by molar-refractivity contribution is -0.385. The van der Waals surface area contributed by atoms with E-state index in [1.807, 2.05) is 38.1 Å². The Morgan fingerprint density at radius 3 is 2.57 bits per heavy atom. The number of aryl methyl sites for hydroxylation is 2. The summed E-state index contributed by atoms with van der Waals surface area (Å²) in [4.78, 5) is 18.5. The molecule has 0 saturated carbocycles. The van der Waals surface area contributed by atoms with Crippen LogP contribution in [-0.2, 0) is 0 Å². The third-order valence-electron chi connectivity index (χ3n) is 3.22. The Morgan fingerprint density at radius 2 is 1.95 bits per heavy atom. The SMILES string of the molecule is Cc1ccccc1C(C)Nc1nc(Cl)nc(C)c1[N+](=O)[O-]. The Kier molecular flexibility index (Phi) is 4.37. The predicted octanol–water partition coefficient (Wildman–Crippen LogP) is 3.83. The zero-order chi connectivity index (χ0) is 15.6. The maximum Gasteiger partial charge on any atom is 0.332 e. The summed E-state index contributed by atoms with van der Waals surface area (Å²) in [7, 11) is 0. The molecule has 6 nitrogen and oxygen atoms in total. The van der Waals surface area contributed by atoms with Crippen LogP contribution in [0.3, 0.4) is 0 Å². The van der Waals surface area contributed by atoms with Crippen LogP contribution in [0, 0.1) is 24.0 Å². The van der Waals surface area contributed by atoms with Crippen molar-refractivity contribution in [1.29, 1.82) is 0 Å². The molecule has 0 spiro atoms. The number of benzene rings is 1. The summed E-state index contributed by atoms with van der Waals surface area (Å²) in [6, 6.07) is 7.68. The van der Waals surface area contributed by atoms with Gasteiger partial charge >= 0.3 is 5.69 Å². The molecule has 1 aromatic heterocycles. The highest BCUT2D eigenvalue weighted by atomic mass is 35.5. The van der Waals surface area contributed by atoms with Crippen molar-refractivity contribution in [2.75, 3.05) is 5.32 Å². The molecule has 0 aliphatic carbocycles. The molecule has 0 bridgehead atoms. The predicted molar refractivity (Wildman–Crippen MR) is 81.7 cm³/mol. The van der Waals surface area contributed by atoms with E-state index in [9.17, 15) is 10.1 Å². The molecule has 1 aromatic carbocycles. The molecule has 0 aliphatic rings. The van der Waals surface area contributed by atoms with Crippen molar-refractivity contribution in [3.05, 3.63) is 56.5 Å². The van der Waals surface area contributed by atoms with E-state index < -0.39 is 4.92 Å². The van der Waals surface area contributed by atoms with Crippen LogP contribution in [0.15, 0.2) is 24.3 Å². The monoisotopic (exact) mass is 306 g/mol. The van der Waals surface area contributed by atoms with E-state index in [0.29, 0.717) is 0 Å². The molecule has 0 radical (unpaired) electrons. The van der Waals surface area contributed by atoms with Gasteiger partial charge in [0.15, 0.2) is 0 Å². The molecule has 21 heavy (non-hydrogen) atoms. The van der Waals surface area contributed by atoms with Gasteiger partial charge in [-0.2, -0.15) is 4.98 Å². The summed E-state index contributed by atoms with van der Waals surface area (Å²) in [6.45, 7) is 5.44. The maximum atomic E-state index is 11.2. The normalized spacial score (nSPS) is 12.0. The number of nitrogens with zero attached hydrogens (tertiary/aromatic N) is 3. The summed E-state index contributed by atoms with van der Waals surface area (Å²) >= 11 is 5.80. The molecular weight excluding hydrogens is 292 g/mol. The highest BCUT2D eigenvalue weighted by molar-refractivity contribution is 6.28. The highest BCUT2D eigenvalue weighted by Crippen LogP contribution is 2.30. The first-order chi connectivity index (χ1) is 9.90. The molecule has 0 amide bonds. The molecule has 0 saturated heterocycles. The first kappa shape index (κ1) is 15.2. The lowest BCUT2D eigenvalue weighted by Crippen LogP contribution is -2.12. The zero-order valence-corrected chi connectivity index (χ0v) is 12.7. The van der Waals surface area contributed by atoms with Crippen molar-refractivity contribution in [2.24, 2.45) is 0 Å². The number of rotatable bonds is 4. The van der Waals surface area contributed by atoms with E-state index in [4.69, 9.17) is 11.6 Å². The van der Waals surface area contributed by atoms with Gasteiger partial charge in [0.2, 0.25) is 11.1 Å². The molecule has 1 atom stereocenters. The summed E-state index contributed by atoms with van der Waals surface area (Å²) in [5, 5.41) is 14.2. The Labute approximate surface area is 127 Å². The maximum absolute atomic E-state index is 11.2. The number of nitrogens with one attached hydrogen (secondary N) is 1. The van der Waals surface area contributed by atoms with Gasteiger partial charge < -0.3 is 5.32 Å². The molecule has 2 aromatic rings. The van der Waals surface area contributed by atoms with Crippen molar-refractivity contribution in [3.63, 3.8) is 0 Å². The number of nitro groups is 1. The van der Waals surface area contributed by atoms with Gasteiger partial charge in [-0.3, -0.25) is 10.1 Å². The summed E-state index contributed by atoms with van der Waals surface area (Å²) in [5.74, 6) is 0.133. The molecule has 0 aliphatic heterocycles. The van der Waals surface area contributed by atoms with E-state index in [-0.39, 0.29) is 28.5 Å². The molecular formula is C14H15ClN4O2. The van der Waals surface area contributed by atoms with Gasteiger partial charge in [0.05, 0.1) is 11.0 Å². The second-order valence-electron chi connectivity index (χ2n) is 4.75. The van der Waals surface area contributed by atoms with Crippen LogP contribution in [0.5, 0.6) is 0 Å². The van der Waals surface area contributed by atoms with Gasteiger partial charge in [-0.25, -0.2) is 4.98 Å². The van der Waals surface area contributed by atoms with E-state index in [0.717, 1.165) is 11.1 Å². The van der Waals surface area contributed by atoms with Crippen LogP contribution in [0.2, 0.25) is 5.28 Å². The Hall–Kier alpha value is -2.21. The molecule has 1 unspecified atom stereocenters.